The molecule has 0 atom stereocenters. The summed E-state index contributed by atoms with van der Waals surface area (Å²) in [5.41, 5.74) is 6.68. The molecule has 1 aromatic rings. The van der Waals surface area contributed by atoms with E-state index in [0.717, 1.165) is 3.94 Å². The minimum absolute atomic E-state index is 0.563. The van der Waals surface area contributed by atoms with Crippen molar-refractivity contribution in [1.29, 1.82) is 0 Å². The Balaban J connectivity index is 3.03. The first-order valence-electron chi connectivity index (χ1n) is 2.68. The maximum Gasteiger partial charge on any atom is 0.0939 e. The Hall–Kier alpha value is -0.600. The summed E-state index contributed by atoms with van der Waals surface area (Å²) in [6.45, 7) is 0. The highest BCUT2D eigenvalue weighted by Crippen LogP contribution is 2.25. The van der Waals surface area contributed by atoms with Crippen molar-refractivity contribution in [2.45, 2.75) is 0 Å². The van der Waals surface area contributed by atoms with Crippen molar-refractivity contribution in [2.75, 3.05) is 9.67 Å². The Morgan fingerprint density at radius 1 is 1.20 bits per heavy atom. The summed E-state index contributed by atoms with van der Waals surface area (Å²) in [5, 5.41) is 0. The quantitative estimate of drug-likeness (QED) is 0.527. The van der Waals surface area contributed by atoms with Gasteiger partial charge in [0.15, 0.2) is 0 Å². The van der Waals surface area contributed by atoms with Gasteiger partial charge >= 0.3 is 0 Å². The number of para-hydroxylation sites is 2. The van der Waals surface area contributed by atoms with Crippen LogP contribution in [0.25, 0.3) is 0 Å². The number of anilines is 2. The van der Waals surface area contributed by atoms with E-state index < -0.39 is 0 Å². The largest absolute Gasteiger partial charge is 0.397 e. The third-order valence-electron chi connectivity index (χ3n) is 1.12. The molecule has 0 unspecified atom stereocenters. The molecule has 0 radical (unpaired) electrons. The van der Waals surface area contributed by atoms with Crippen LogP contribution in [0.2, 0.25) is 0 Å². The van der Waals surface area contributed by atoms with Crippen LogP contribution in [0.4, 0.5) is 11.4 Å². The van der Waals surface area contributed by atoms with Crippen LogP contribution >= 0.6 is 23.6 Å². The van der Waals surface area contributed by atoms with Crippen molar-refractivity contribution in [3.05, 3.63) is 24.3 Å². The predicted molar refractivity (Wildman–Crippen MR) is 45.0 cm³/mol. The summed E-state index contributed by atoms with van der Waals surface area (Å²) < 4.78 is 0.940. The molecule has 1 aromatic carbocycles. The van der Waals surface area contributed by atoms with Gasteiger partial charge in [-0.3, -0.25) is 0 Å². The lowest BCUT2D eigenvalue weighted by atomic mass is 10.3. The van der Waals surface area contributed by atoms with E-state index in [4.69, 9.17) is 29.3 Å². The summed E-state index contributed by atoms with van der Waals surface area (Å²) in [6.07, 6.45) is 0. The Kier molecular flexibility index (Phi) is 2.25. The zero-order valence-electron chi connectivity index (χ0n) is 5.09. The molecule has 0 aliphatic carbocycles. The fourth-order valence-corrected chi connectivity index (χ4v) is 0.949. The molecule has 0 aromatic heterocycles. The van der Waals surface area contributed by atoms with Crippen molar-refractivity contribution >= 4 is 34.9 Å². The molecular formula is C6H6Cl2N2. The van der Waals surface area contributed by atoms with Crippen molar-refractivity contribution in [2.24, 2.45) is 0 Å². The van der Waals surface area contributed by atoms with Gasteiger partial charge in [0.1, 0.15) is 0 Å². The molecule has 4 heteroatoms. The third kappa shape index (κ3) is 1.46. The van der Waals surface area contributed by atoms with Crippen LogP contribution in [-0.4, -0.2) is 0 Å². The highest BCUT2D eigenvalue weighted by Gasteiger charge is 2.01. The van der Waals surface area contributed by atoms with Crippen LogP contribution in [0.5, 0.6) is 0 Å². The first-order chi connectivity index (χ1) is 4.72. The molecule has 2 nitrogen and oxygen atoms in total. The summed E-state index contributed by atoms with van der Waals surface area (Å²) >= 11 is 10.9. The maximum atomic E-state index is 5.51. The zero-order chi connectivity index (χ0) is 7.56. The van der Waals surface area contributed by atoms with Crippen molar-refractivity contribution in [1.82, 2.24) is 0 Å². The number of rotatable bonds is 1. The van der Waals surface area contributed by atoms with Gasteiger partial charge < -0.3 is 5.73 Å². The fraction of sp³-hybridized carbons (Fsp3) is 0. The zero-order valence-corrected chi connectivity index (χ0v) is 6.60. The van der Waals surface area contributed by atoms with Gasteiger partial charge in [0.25, 0.3) is 0 Å². The summed E-state index contributed by atoms with van der Waals surface area (Å²) in [5.74, 6) is 0. The molecule has 0 aliphatic heterocycles. The van der Waals surface area contributed by atoms with Crippen LogP contribution in [0, 0.1) is 0 Å². The summed E-state index contributed by atoms with van der Waals surface area (Å²) in [7, 11) is 0. The smallest absolute Gasteiger partial charge is 0.0939 e. The first-order valence-corrected chi connectivity index (χ1v) is 3.35. The standard InChI is InChI=1S/C6H6Cl2N2/c7-10(8)6-4-2-1-3-5(6)9/h1-4H,9H2. The molecule has 54 valence electrons. The van der Waals surface area contributed by atoms with E-state index in [1.54, 1.807) is 12.1 Å². The van der Waals surface area contributed by atoms with Gasteiger partial charge in [-0.15, -0.1) is 0 Å². The molecule has 0 heterocycles. The normalized spacial score (nSPS) is 9.40. The molecular weight excluding hydrogens is 171 g/mol. The second kappa shape index (κ2) is 2.99. The SMILES string of the molecule is Nc1ccccc1N(Cl)Cl. The molecule has 2 N–H and O–H groups in total. The van der Waals surface area contributed by atoms with Gasteiger partial charge in [0, 0.05) is 23.6 Å². The minimum atomic E-state index is 0.563. The average molecular weight is 177 g/mol. The van der Waals surface area contributed by atoms with E-state index in [1.165, 1.54) is 0 Å². The number of nitrogen functional groups attached to an aromatic ring is 1. The van der Waals surface area contributed by atoms with Crippen LogP contribution in [-0.2, 0) is 0 Å². The lowest BCUT2D eigenvalue weighted by Gasteiger charge is -2.06. The topological polar surface area (TPSA) is 29.3 Å². The number of hydrogen-bond acceptors (Lipinski definition) is 2. The molecule has 0 saturated heterocycles. The molecule has 0 aliphatic rings. The Morgan fingerprint density at radius 2 is 1.80 bits per heavy atom. The van der Waals surface area contributed by atoms with E-state index in [2.05, 4.69) is 0 Å². The van der Waals surface area contributed by atoms with Crippen LogP contribution < -0.4 is 9.67 Å². The average Bonchev–Trinajstić information content (AvgIpc) is 1.88. The number of benzene rings is 1. The first kappa shape index (κ1) is 7.51. The number of halogens is 2. The molecule has 10 heavy (non-hydrogen) atoms. The van der Waals surface area contributed by atoms with Crippen LogP contribution in [0.1, 0.15) is 0 Å². The number of nitrogens with two attached hydrogens (primary N) is 1. The van der Waals surface area contributed by atoms with Crippen molar-refractivity contribution < 1.29 is 0 Å². The second-order valence-electron chi connectivity index (χ2n) is 1.79. The Labute approximate surface area is 69.4 Å². The maximum absolute atomic E-state index is 5.51. The molecule has 0 fully saturated rings. The van der Waals surface area contributed by atoms with Gasteiger partial charge in [0.2, 0.25) is 0 Å². The lowest BCUT2D eigenvalue weighted by molar-refractivity contribution is 1.57. The van der Waals surface area contributed by atoms with Crippen LogP contribution in [0.15, 0.2) is 24.3 Å². The monoisotopic (exact) mass is 176 g/mol. The highest BCUT2D eigenvalue weighted by molar-refractivity contribution is 6.49. The highest BCUT2D eigenvalue weighted by atomic mass is 35.5. The molecule has 0 bridgehead atoms. The lowest BCUT2D eigenvalue weighted by Crippen LogP contribution is -1.96. The summed E-state index contributed by atoms with van der Waals surface area (Å²) in [6, 6.07) is 7.09. The van der Waals surface area contributed by atoms with E-state index in [-0.39, 0.29) is 0 Å². The second-order valence-corrected chi connectivity index (χ2v) is 2.64. The van der Waals surface area contributed by atoms with Gasteiger partial charge in [-0.2, -0.15) is 3.94 Å². The van der Waals surface area contributed by atoms with Crippen molar-refractivity contribution in [3.63, 3.8) is 0 Å². The van der Waals surface area contributed by atoms with Gasteiger partial charge in [0.05, 0.1) is 11.4 Å². The fourth-order valence-electron chi connectivity index (χ4n) is 0.641. The van der Waals surface area contributed by atoms with E-state index >= 15 is 0 Å². The van der Waals surface area contributed by atoms with Crippen molar-refractivity contribution in [3.8, 4) is 0 Å². The van der Waals surface area contributed by atoms with Crippen LogP contribution in [0.3, 0.4) is 0 Å². The van der Waals surface area contributed by atoms with E-state index in [0.29, 0.717) is 11.4 Å². The molecule has 0 amide bonds. The number of nitrogens with zero attached hydrogens (tertiary/aromatic N) is 1. The van der Waals surface area contributed by atoms with E-state index in [1.807, 2.05) is 12.1 Å². The molecule has 0 saturated carbocycles. The van der Waals surface area contributed by atoms with E-state index in [9.17, 15) is 0 Å². The molecule has 0 spiro atoms. The Morgan fingerprint density at radius 3 is 2.20 bits per heavy atom. The Bertz CT molecular complexity index is 225. The van der Waals surface area contributed by atoms with Gasteiger partial charge in [-0.25, -0.2) is 0 Å². The minimum Gasteiger partial charge on any atom is -0.397 e. The third-order valence-corrected chi connectivity index (χ3v) is 1.48. The summed E-state index contributed by atoms with van der Waals surface area (Å²) in [4.78, 5) is 0. The van der Waals surface area contributed by atoms with Gasteiger partial charge in [-0.05, 0) is 12.1 Å². The van der Waals surface area contributed by atoms with Gasteiger partial charge in [-0.1, -0.05) is 12.1 Å². The number of hydrogen-bond donors (Lipinski definition) is 1. The predicted octanol–water partition coefficient (Wildman–Crippen LogP) is 2.38. The molecule has 1 rings (SSSR count).